The van der Waals surface area contributed by atoms with E-state index in [1.165, 1.54) is 5.56 Å². The van der Waals surface area contributed by atoms with Crippen molar-refractivity contribution in [2.75, 3.05) is 18.0 Å². The molecule has 0 radical (unpaired) electrons. The molecule has 1 aliphatic heterocycles. The van der Waals surface area contributed by atoms with Gasteiger partial charge in [0.25, 0.3) is 0 Å². The molecule has 1 heterocycles. The Bertz CT molecular complexity index is 411. The molecule has 1 saturated heterocycles. The van der Waals surface area contributed by atoms with Gasteiger partial charge in [-0.05, 0) is 50.6 Å². The normalized spacial score (nSPS) is 16.6. The second kappa shape index (κ2) is 6.01. The first kappa shape index (κ1) is 13.1. The zero-order valence-corrected chi connectivity index (χ0v) is 11.3. The Morgan fingerprint density at radius 2 is 2.11 bits per heavy atom. The number of piperidine rings is 1. The van der Waals surface area contributed by atoms with Crippen molar-refractivity contribution in [1.82, 2.24) is 5.32 Å². The molecule has 0 aliphatic carbocycles. The van der Waals surface area contributed by atoms with E-state index in [9.17, 15) is 4.79 Å². The quantitative estimate of drug-likeness (QED) is 0.888. The summed E-state index contributed by atoms with van der Waals surface area (Å²) in [5, 5.41) is 3.35. The van der Waals surface area contributed by atoms with Gasteiger partial charge in [0.1, 0.15) is 0 Å². The fourth-order valence-corrected chi connectivity index (χ4v) is 2.57. The van der Waals surface area contributed by atoms with E-state index in [4.69, 9.17) is 0 Å². The Labute approximate surface area is 109 Å². The lowest BCUT2D eigenvalue weighted by Gasteiger charge is -2.34. The first-order valence-electron chi connectivity index (χ1n) is 6.82. The summed E-state index contributed by atoms with van der Waals surface area (Å²) in [4.78, 5) is 14.2. The van der Waals surface area contributed by atoms with Gasteiger partial charge in [-0.25, -0.2) is 0 Å². The lowest BCUT2D eigenvalue weighted by atomic mass is 10.0. The van der Waals surface area contributed by atoms with Crippen LogP contribution in [0.4, 0.5) is 5.69 Å². The maximum atomic E-state index is 12.2. The highest BCUT2D eigenvalue weighted by Gasteiger charge is 2.25. The number of carbonyl (C=O) groups is 1. The molecule has 1 aromatic rings. The van der Waals surface area contributed by atoms with Gasteiger partial charge in [0, 0.05) is 18.2 Å². The zero-order chi connectivity index (χ0) is 13.0. The highest BCUT2D eigenvalue weighted by Crippen LogP contribution is 2.23. The third-order valence-electron chi connectivity index (χ3n) is 3.52. The number of aryl methyl sites for hydroxylation is 1. The molecule has 0 atom stereocenters. The van der Waals surface area contributed by atoms with Crippen LogP contribution in [0.5, 0.6) is 0 Å². The number of benzene rings is 1. The zero-order valence-electron chi connectivity index (χ0n) is 11.3. The fourth-order valence-electron chi connectivity index (χ4n) is 2.57. The summed E-state index contributed by atoms with van der Waals surface area (Å²) in [6, 6.07) is 8.60. The summed E-state index contributed by atoms with van der Waals surface area (Å²) in [7, 11) is 0. The predicted octanol–water partition coefficient (Wildman–Crippen LogP) is 2.49. The van der Waals surface area contributed by atoms with Crippen LogP contribution >= 0.6 is 0 Å². The summed E-state index contributed by atoms with van der Waals surface area (Å²) in [6.07, 6.45) is 2.65. The lowest BCUT2D eigenvalue weighted by molar-refractivity contribution is -0.118. The smallest absolute Gasteiger partial charge is 0.226 e. The summed E-state index contributed by atoms with van der Waals surface area (Å²) in [5.74, 6) is 0.229. The number of carbonyl (C=O) groups excluding carboxylic acids is 1. The minimum absolute atomic E-state index is 0.229. The molecule has 1 aromatic carbocycles. The molecule has 0 spiro atoms. The van der Waals surface area contributed by atoms with Crippen molar-refractivity contribution in [3.8, 4) is 0 Å². The molecule has 1 fully saturated rings. The van der Waals surface area contributed by atoms with Crippen molar-refractivity contribution in [1.29, 1.82) is 0 Å². The number of hydrogen-bond donors (Lipinski definition) is 1. The number of hydrogen-bond acceptors (Lipinski definition) is 2. The molecule has 98 valence electrons. The standard InChI is InChI=1S/C15H22N2O/c1-3-15(18)17(13-7-9-16-10-8-13)14-6-4-5-12(2)11-14/h4-6,11,13,16H,3,7-10H2,1-2H3. The van der Waals surface area contributed by atoms with Crippen molar-refractivity contribution in [3.05, 3.63) is 29.8 Å². The Hall–Kier alpha value is -1.35. The molecule has 1 aliphatic rings. The molecular formula is C15H22N2O. The fraction of sp³-hybridized carbons (Fsp3) is 0.533. The largest absolute Gasteiger partial charge is 0.317 e. The molecule has 0 unspecified atom stereocenters. The molecule has 1 amide bonds. The number of nitrogens with zero attached hydrogens (tertiary/aromatic N) is 1. The van der Waals surface area contributed by atoms with Crippen molar-refractivity contribution in [2.45, 2.75) is 39.2 Å². The van der Waals surface area contributed by atoms with Crippen LogP contribution in [0.3, 0.4) is 0 Å². The van der Waals surface area contributed by atoms with Gasteiger partial charge in [-0.15, -0.1) is 0 Å². The van der Waals surface area contributed by atoms with E-state index in [0.717, 1.165) is 31.6 Å². The van der Waals surface area contributed by atoms with Gasteiger partial charge in [0.2, 0.25) is 5.91 Å². The van der Waals surface area contributed by atoms with E-state index in [2.05, 4.69) is 24.4 Å². The van der Waals surface area contributed by atoms with Gasteiger partial charge in [-0.1, -0.05) is 19.1 Å². The van der Waals surface area contributed by atoms with Crippen LogP contribution in [0.1, 0.15) is 31.7 Å². The number of amides is 1. The molecule has 0 bridgehead atoms. The second-order valence-electron chi connectivity index (χ2n) is 4.94. The van der Waals surface area contributed by atoms with E-state index in [0.29, 0.717) is 12.5 Å². The second-order valence-corrected chi connectivity index (χ2v) is 4.94. The van der Waals surface area contributed by atoms with Crippen molar-refractivity contribution in [2.24, 2.45) is 0 Å². The maximum Gasteiger partial charge on any atom is 0.226 e. The van der Waals surface area contributed by atoms with Crippen LogP contribution in [-0.2, 0) is 4.79 Å². The summed E-state index contributed by atoms with van der Waals surface area (Å²) >= 11 is 0. The van der Waals surface area contributed by atoms with Gasteiger partial charge in [-0.3, -0.25) is 4.79 Å². The average Bonchev–Trinajstić information content (AvgIpc) is 2.40. The van der Waals surface area contributed by atoms with Crippen molar-refractivity contribution < 1.29 is 4.79 Å². The SMILES string of the molecule is CCC(=O)N(c1cccc(C)c1)C1CCNCC1. The van der Waals surface area contributed by atoms with Crippen molar-refractivity contribution >= 4 is 11.6 Å². The maximum absolute atomic E-state index is 12.2. The van der Waals surface area contributed by atoms with Gasteiger partial charge < -0.3 is 10.2 Å². The van der Waals surface area contributed by atoms with E-state index in [1.807, 2.05) is 24.0 Å². The Kier molecular flexibility index (Phi) is 4.37. The van der Waals surface area contributed by atoms with E-state index in [-0.39, 0.29) is 5.91 Å². The predicted molar refractivity (Wildman–Crippen MR) is 74.8 cm³/mol. The third-order valence-corrected chi connectivity index (χ3v) is 3.52. The Morgan fingerprint density at radius 1 is 1.39 bits per heavy atom. The molecular weight excluding hydrogens is 224 g/mol. The summed E-state index contributed by atoms with van der Waals surface area (Å²) < 4.78 is 0. The molecule has 2 rings (SSSR count). The molecule has 3 nitrogen and oxygen atoms in total. The van der Waals surface area contributed by atoms with Crippen LogP contribution < -0.4 is 10.2 Å². The van der Waals surface area contributed by atoms with Gasteiger partial charge in [0.15, 0.2) is 0 Å². The lowest BCUT2D eigenvalue weighted by Crippen LogP contribution is -2.46. The summed E-state index contributed by atoms with van der Waals surface area (Å²) in [6.45, 7) is 6.01. The number of nitrogens with one attached hydrogen (secondary N) is 1. The van der Waals surface area contributed by atoms with Gasteiger partial charge in [0.05, 0.1) is 0 Å². The van der Waals surface area contributed by atoms with Gasteiger partial charge in [-0.2, -0.15) is 0 Å². The first-order chi connectivity index (χ1) is 8.72. The Morgan fingerprint density at radius 3 is 2.72 bits per heavy atom. The number of anilines is 1. The van der Waals surface area contributed by atoms with Crippen LogP contribution in [0.2, 0.25) is 0 Å². The van der Waals surface area contributed by atoms with E-state index in [1.54, 1.807) is 0 Å². The minimum atomic E-state index is 0.229. The van der Waals surface area contributed by atoms with Crippen LogP contribution in [0.15, 0.2) is 24.3 Å². The molecule has 18 heavy (non-hydrogen) atoms. The van der Waals surface area contributed by atoms with Crippen LogP contribution in [-0.4, -0.2) is 25.0 Å². The molecule has 0 aromatic heterocycles. The molecule has 3 heteroatoms. The third kappa shape index (κ3) is 2.91. The molecule has 0 saturated carbocycles. The molecule has 1 N–H and O–H groups in total. The minimum Gasteiger partial charge on any atom is -0.317 e. The van der Waals surface area contributed by atoms with Gasteiger partial charge >= 0.3 is 0 Å². The summed E-state index contributed by atoms with van der Waals surface area (Å²) in [5.41, 5.74) is 2.25. The van der Waals surface area contributed by atoms with E-state index >= 15 is 0 Å². The highest BCUT2D eigenvalue weighted by molar-refractivity contribution is 5.93. The number of rotatable bonds is 3. The average molecular weight is 246 g/mol. The first-order valence-corrected chi connectivity index (χ1v) is 6.82. The van der Waals surface area contributed by atoms with E-state index < -0.39 is 0 Å². The van der Waals surface area contributed by atoms with Crippen LogP contribution in [0.25, 0.3) is 0 Å². The monoisotopic (exact) mass is 246 g/mol. The Balaban J connectivity index is 2.26. The highest BCUT2D eigenvalue weighted by atomic mass is 16.2. The van der Waals surface area contributed by atoms with Crippen LogP contribution in [0, 0.1) is 6.92 Å². The van der Waals surface area contributed by atoms with Crippen molar-refractivity contribution in [3.63, 3.8) is 0 Å². The topological polar surface area (TPSA) is 32.3 Å².